The van der Waals surface area contributed by atoms with Gasteiger partial charge in [0.25, 0.3) is 0 Å². The first kappa shape index (κ1) is 15.0. The van der Waals surface area contributed by atoms with Crippen LogP contribution in [0.25, 0.3) is 0 Å². The van der Waals surface area contributed by atoms with Gasteiger partial charge in [-0.25, -0.2) is 4.79 Å². The summed E-state index contributed by atoms with van der Waals surface area (Å²) in [5.74, 6) is -1.09. The zero-order valence-corrected chi connectivity index (χ0v) is 11.2. The highest BCUT2D eigenvalue weighted by molar-refractivity contribution is 5.87. The van der Waals surface area contributed by atoms with Crippen LogP contribution in [0.15, 0.2) is 0 Å². The Morgan fingerprint density at radius 3 is 2.39 bits per heavy atom. The van der Waals surface area contributed by atoms with Crippen molar-refractivity contribution in [2.45, 2.75) is 52.0 Å². The molecule has 0 aromatic rings. The Kier molecular flexibility index (Phi) is 5.59. The van der Waals surface area contributed by atoms with Crippen LogP contribution < -0.4 is 5.32 Å². The summed E-state index contributed by atoms with van der Waals surface area (Å²) in [7, 11) is 0. The number of aliphatic carboxylic acids is 1. The van der Waals surface area contributed by atoms with Gasteiger partial charge in [-0.05, 0) is 25.7 Å². The zero-order chi connectivity index (χ0) is 13.6. The molecule has 1 saturated heterocycles. The van der Waals surface area contributed by atoms with Crippen LogP contribution in [-0.2, 0) is 14.3 Å². The summed E-state index contributed by atoms with van der Waals surface area (Å²) < 4.78 is 5.28. The van der Waals surface area contributed by atoms with Crippen molar-refractivity contribution in [2.75, 3.05) is 13.2 Å². The first-order valence-corrected chi connectivity index (χ1v) is 6.67. The number of carbonyl (C=O) groups is 2. The lowest BCUT2D eigenvalue weighted by molar-refractivity contribution is -0.146. The van der Waals surface area contributed by atoms with Gasteiger partial charge >= 0.3 is 5.97 Å². The quantitative estimate of drug-likeness (QED) is 0.757. The summed E-state index contributed by atoms with van der Waals surface area (Å²) in [6.07, 6.45) is 3.28. The maximum atomic E-state index is 12.3. The maximum absolute atomic E-state index is 12.3. The van der Waals surface area contributed by atoms with Crippen molar-refractivity contribution >= 4 is 11.9 Å². The van der Waals surface area contributed by atoms with Crippen molar-refractivity contribution in [3.63, 3.8) is 0 Å². The van der Waals surface area contributed by atoms with Crippen molar-refractivity contribution in [3.05, 3.63) is 0 Å². The fourth-order valence-corrected chi connectivity index (χ4v) is 2.36. The lowest BCUT2D eigenvalue weighted by Crippen LogP contribution is -2.50. The summed E-state index contributed by atoms with van der Waals surface area (Å²) in [6.45, 7) is 5.03. The Morgan fingerprint density at radius 2 is 1.94 bits per heavy atom. The number of rotatable bonds is 6. The minimum atomic E-state index is -0.955. The third-order valence-corrected chi connectivity index (χ3v) is 3.79. The van der Waals surface area contributed by atoms with Crippen molar-refractivity contribution in [1.82, 2.24) is 5.32 Å². The number of carbonyl (C=O) groups excluding carboxylic acids is 1. The summed E-state index contributed by atoms with van der Waals surface area (Å²) in [5.41, 5.74) is -0.445. The van der Waals surface area contributed by atoms with Gasteiger partial charge in [0.2, 0.25) is 5.91 Å². The molecule has 1 rings (SSSR count). The second-order valence-electron chi connectivity index (χ2n) is 4.90. The predicted molar refractivity (Wildman–Crippen MR) is 67.3 cm³/mol. The SMILES string of the molecule is CCCC(NC(=O)C1(CC)CCOCC1)C(=O)O. The summed E-state index contributed by atoms with van der Waals surface area (Å²) in [4.78, 5) is 23.4. The first-order chi connectivity index (χ1) is 8.55. The van der Waals surface area contributed by atoms with Crippen molar-refractivity contribution in [1.29, 1.82) is 0 Å². The van der Waals surface area contributed by atoms with E-state index < -0.39 is 17.4 Å². The van der Waals surface area contributed by atoms with Gasteiger partial charge in [-0.15, -0.1) is 0 Å². The van der Waals surface area contributed by atoms with E-state index in [1.54, 1.807) is 0 Å². The zero-order valence-electron chi connectivity index (χ0n) is 11.2. The molecular formula is C13H23NO4. The normalized spacial score (nSPS) is 20.1. The van der Waals surface area contributed by atoms with Crippen LogP contribution >= 0.6 is 0 Å². The average molecular weight is 257 g/mol. The molecular weight excluding hydrogens is 234 g/mol. The van der Waals surface area contributed by atoms with Crippen LogP contribution in [0.5, 0.6) is 0 Å². The molecule has 0 saturated carbocycles. The van der Waals surface area contributed by atoms with Gasteiger partial charge in [0.1, 0.15) is 6.04 Å². The first-order valence-electron chi connectivity index (χ1n) is 6.67. The number of nitrogens with one attached hydrogen (secondary N) is 1. The van der Waals surface area contributed by atoms with Gasteiger partial charge in [0.05, 0.1) is 5.41 Å². The number of carboxylic acids is 1. The highest BCUT2D eigenvalue weighted by atomic mass is 16.5. The molecule has 5 heteroatoms. The van der Waals surface area contributed by atoms with E-state index in [0.717, 1.165) is 12.8 Å². The van der Waals surface area contributed by atoms with Gasteiger partial charge in [-0.3, -0.25) is 4.79 Å². The Morgan fingerprint density at radius 1 is 1.33 bits per heavy atom. The average Bonchev–Trinajstić information content (AvgIpc) is 2.38. The lowest BCUT2D eigenvalue weighted by atomic mass is 9.77. The Labute approximate surface area is 108 Å². The molecule has 104 valence electrons. The van der Waals surface area contributed by atoms with Gasteiger partial charge in [0.15, 0.2) is 0 Å². The van der Waals surface area contributed by atoms with Crippen LogP contribution in [0.4, 0.5) is 0 Å². The van der Waals surface area contributed by atoms with Gasteiger partial charge in [-0.1, -0.05) is 20.3 Å². The molecule has 5 nitrogen and oxygen atoms in total. The van der Waals surface area contributed by atoms with Crippen LogP contribution in [0.3, 0.4) is 0 Å². The Balaban J connectivity index is 2.68. The molecule has 0 spiro atoms. The lowest BCUT2D eigenvalue weighted by Gasteiger charge is -2.35. The molecule has 1 unspecified atom stereocenters. The topological polar surface area (TPSA) is 75.6 Å². The molecule has 2 N–H and O–H groups in total. The molecule has 0 bridgehead atoms. The largest absolute Gasteiger partial charge is 0.480 e. The fraction of sp³-hybridized carbons (Fsp3) is 0.846. The van der Waals surface area contributed by atoms with Crippen LogP contribution in [0.1, 0.15) is 46.0 Å². The van der Waals surface area contributed by atoms with E-state index in [0.29, 0.717) is 32.5 Å². The van der Waals surface area contributed by atoms with E-state index in [-0.39, 0.29) is 5.91 Å². The second kappa shape index (κ2) is 6.73. The van der Waals surface area contributed by atoms with E-state index in [9.17, 15) is 9.59 Å². The third kappa shape index (κ3) is 3.45. The molecule has 0 aromatic heterocycles. The van der Waals surface area contributed by atoms with Crippen molar-refractivity contribution in [3.8, 4) is 0 Å². The van der Waals surface area contributed by atoms with Gasteiger partial charge in [-0.2, -0.15) is 0 Å². The monoisotopic (exact) mass is 257 g/mol. The molecule has 0 radical (unpaired) electrons. The van der Waals surface area contributed by atoms with Crippen molar-refractivity contribution < 1.29 is 19.4 Å². The van der Waals surface area contributed by atoms with E-state index in [2.05, 4.69) is 5.32 Å². The standard InChI is InChI=1S/C13H23NO4/c1-3-5-10(11(15)16)14-12(17)13(4-2)6-8-18-9-7-13/h10H,3-9H2,1-2H3,(H,14,17)(H,15,16). The molecule has 0 aromatic carbocycles. The molecule has 18 heavy (non-hydrogen) atoms. The number of hydrogen-bond donors (Lipinski definition) is 2. The van der Waals surface area contributed by atoms with Gasteiger partial charge < -0.3 is 15.2 Å². The predicted octanol–water partition coefficient (Wildman–Crippen LogP) is 1.56. The van der Waals surface area contributed by atoms with Crippen LogP contribution in [0.2, 0.25) is 0 Å². The molecule has 1 heterocycles. The second-order valence-corrected chi connectivity index (χ2v) is 4.90. The summed E-state index contributed by atoms with van der Waals surface area (Å²) in [5, 5.41) is 11.8. The minimum absolute atomic E-state index is 0.130. The van der Waals surface area contributed by atoms with Crippen LogP contribution in [0, 0.1) is 5.41 Å². The van der Waals surface area contributed by atoms with E-state index >= 15 is 0 Å². The Bertz CT molecular complexity index is 297. The van der Waals surface area contributed by atoms with Crippen LogP contribution in [-0.4, -0.2) is 36.2 Å². The number of amides is 1. The smallest absolute Gasteiger partial charge is 0.326 e. The molecule has 1 aliphatic rings. The molecule has 0 aliphatic carbocycles. The summed E-state index contributed by atoms with van der Waals surface area (Å²) in [6, 6.07) is -0.770. The van der Waals surface area contributed by atoms with E-state index in [4.69, 9.17) is 9.84 Å². The van der Waals surface area contributed by atoms with E-state index in [1.165, 1.54) is 0 Å². The number of carboxylic acid groups (broad SMARTS) is 1. The maximum Gasteiger partial charge on any atom is 0.326 e. The highest BCUT2D eigenvalue weighted by Crippen LogP contribution is 2.34. The van der Waals surface area contributed by atoms with Crippen molar-refractivity contribution in [2.24, 2.45) is 5.41 Å². The van der Waals surface area contributed by atoms with E-state index in [1.807, 2.05) is 13.8 Å². The third-order valence-electron chi connectivity index (χ3n) is 3.79. The molecule has 1 atom stereocenters. The fourth-order valence-electron chi connectivity index (χ4n) is 2.36. The molecule has 1 fully saturated rings. The number of hydrogen-bond acceptors (Lipinski definition) is 3. The highest BCUT2D eigenvalue weighted by Gasteiger charge is 2.39. The number of ether oxygens (including phenoxy) is 1. The minimum Gasteiger partial charge on any atom is -0.480 e. The molecule has 1 aliphatic heterocycles. The summed E-state index contributed by atoms with van der Waals surface area (Å²) >= 11 is 0. The Hall–Kier alpha value is -1.10. The molecule has 1 amide bonds. The van der Waals surface area contributed by atoms with Gasteiger partial charge in [0, 0.05) is 13.2 Å².